The minimum Gasteiger partial charge on any atom is -0.469 e. The summed E-state index contributed by atoms with van der Waals surface area (Å²) >= 11 is 1.35. The molecule has 6 nitrogen and oxygen atoms in total. The van der Waals surface area contributed by atoms with Crippen LogP contribution < -0.4 is 4.72 Å². The largest absolute Gasteiger partial charge is 0.469 e. The first-order chi connectivity index (χ1) is 11.3. The van der Waals surface area contributed by atoms with Crippen LogP contribution in [0.15, 0.2) is 46.7 Å². The molecule has 0 amide bonds. The average molecular weight is 367 g/mol. The molecule has 0 aliphatic carbocycles. The summed E-state index contributed by atoms with van der Waals surface area (Å²) in [7, 11) is -2.59. The minimum absolute atomic E-state index is 0.0268. The molecule has 24 heavy (non-hydrogen) atoms. The predicted molar refractivity (Wildman–Crippen MR) is 90.5 cm³/mol. The van der Waals surface area contributed by atoms with E-state index < -0.39 is 22.0 Å². The number of esters is 1. The van der Waals surface area contributed by atoms with E-state index in [1.54, 1.807) is 17.5 Å². The van der Waals surface area contributed by atoms with Crippen LogP contribution in [0.25, 0.3) is 0 Å². The number of Topliss-reactive ketones (excluding diaryl/α,β-unsaturated/α-hetero) is 1. The molecule has 2 rings (SSSR count). The van der Waals surface area contributed by atoms with Gasteiger partial charge < -0.3 is 4.74 Å². The van der Waals surface area contributed by atoms with Gasteiger partial charge in [0, 0.05) is 10.4 Å². The van der Waals surface area contributed by atoms with E-state index in [-0.39, 0.29) is 17.1 Å². The van der Waals surface area contributed by atoms with Gasteiger partial charge in [0.25, 0.3) is 0 Å². The van der Waals surface area contributed by atoms with Crippen LogP contribution in [-0.4, -0.2) is 27.3 Å². The van der Waals surface area contributed by atoms with Gasteiger partial charge in [0.05, 0.1) is 24.5 Å². The summed E-state index contributed by atoms with van der Waals surface area (Å²) < 4.78 is 32.2. The summed E-state index contributed by atoms with van der Waals surface area (Å²) in [6.45, 7) is 1.41. The zero-order valence-electron chi connectivity index (χ0n) is 13.2. The number of benzene rings is 1. The van der Waals surface area contributed by atoms with Gasteiger partial charge in [0.2, 0.25) is 10.0 Å². The Balaban J connectivity index is 2.26. The van der Waals surface area contributed by atoms with Crippen molar-refractivity contribution < 1.29 is 22.7 Å². The lowest BCUT2D eigenvalue weighted by Crippen LogP contribution is -2.30. The monoisotopic (exact) mass is 367 g/mol. The van der Waals surface area contributed by atoms with Gasteiger partial charge in [-0.2, -0.15) is 0 Å². The molecular weight excluding hydrogens is 350 g/mol. The topological polar surface area (TPSA) is 89.5 Å². The summed E-state index contributed by atoms with van der Waals surface area (Å²) in [5.41, 5.74) is 0.429. The minimum atomic E-state index is -3.84. The van der Waals surface area contributed by atoms with E-state index in [2.05, 4.69) is 9.46 Å². The maximum absolute atomic E-state index is 12.5. The fourth-order valence-corrected chi connectivity index (χ4v) is 4.13. The Labute approximate surface area is 144 Å². The van der Waals surface area contributed by atoms with E-state index in [9.17, 15) is 18.0 Å². The SMILES string of the molecule is COC(=O)C[C@H](NS(=O)(=O)c1ccc(C(C)=O)cc1)c1cccs1. The van der Waals surface area contributed by atoms with E-state index in [0.717, 1.165) is 0 Å². The maximum Gasteiger partial charge on any atom is 0.307 e. The third kappa shape index (κ3) is 4.50. The number of ketones is 1. The molecule has 1 aromatic heterocycles. The second-order valence-electron chi connectivity index (χ2n) is 5.05. The number of nitrogens with one attached hydrogen (secondary N) is 1. The lowest BCUT2D eigenvalue weighted by atomic mass is 10.2. The van der Waals surface area contributed by atoms with Crippen molar-refractivity contribution in [3.63, 3.8) is 0 Å². The molecule has 0 unspecified atom stereocenters. The van der Waals surface area contributed by atoms with E-state index in [0.29, 0.717) is 10.4 Å². The molecule has 1 atom stereocenters. The number of ether oxygens (including phenoxy) is 1. The number of hydrogen-bond donors (Lipinski definition) is 1. The molecule has 1 heterocycles. The first-order valence-electron chi connectivity index (χ1n) is 7.07. The lowest BCUT2D eigenvalue weighted by Gasteiger charge is -2.16. The van der Waals surface area contributed by atoms with Crippen molar-refractivity contribution in [3.8, 4) is 0 Å². The molecule has 1 N–H and O–H groups in total. The third-order valence-corrected chi connectivity index (χ3v) is 5.83. The van der Waals surface area contributed by atoms with Gasteiger partial charge in [-0.15, -0.1) is 11.3 Å². The standard InChI is InChI=1S/C16H17NO5S2/c1-11(18)12-5-7-13(8-6-12)24(20,21)17-14(10-16(19)22-2)15-4-3-9-23-15/h3-9,14,17H,10H2,1-2H3/t14-/m0/s1. The zero-order valence-corrected chi connectivity index (χ0v) is 14.8. The molecule has 0 bridgehead atoms. The fourth-order valence-electron chi connectivity index (χ4n) is 2.06. The number of rotatable bonds is 7. The molecule has 0 radical (unpaired) electrons. The number of methoxy groups -OCH3 is 1. The Morgan fingerprint density at radius 2 is 1.88 bits per heavy atom. The summed E-state index contributed by atoms with van der Waals surface area (Å²) in [4.78, 5) is 23.6. The van der Waals surface area contributed by atoms with E-state index >= 15 is 0 Å². The second-order valence-corrected chi connectivity index (χ2v) is 7.74. The Morgan fingerprint density at radius 1 is 1.21 bits per heavy atom. The summed E-state index contributed by atoms with van der Waals surface area (Å²) in [6, 6.07) is 8.45. The summed E-state index contributed by atoms with van der Waals surface area (Å²) in [6.07, 6.45) is -0.109. The lowest BCUT2D eigenvalue weighted by molar-refractivity contribution is -0.141. The second kappa shape index (κ2) is 7.69. The molecule has 0 aliphatic heterocycles. The first-order valence-corrected chi connectivity index (χ1v) is 9.43. The molecule has 0 saturated carbocycles. The Bertz CT molecular complexity index is 811. The van der Waals surface area contributed by atoms with Crippen LogP contribution >= 0.6 is 11.3 Å². The van der Waals surface area contributed by atoms with Crippen molar-refractivity contribution in [2.45, 2.75) is 24.3 Å². The molecule has 0 saturated heterocycles. The van der Waals surface area contributed by atoms with Crippen molar-refractivity contribution >= 4 is 33.1 Å². The normalized spacial score (nSPS) is 12.6. The van der Waals surface area contributed by atoms with Crippen LogP contribution in [0.5, 0.6) is 0 Å². The van der Waals surface area contributed by atoms with E-state index in [1.165, 1.54) is 49.6 Å². The molecule has 0 fully saturated rings. The third-order valence-electron chi connectivity index (χ3n) is 3.35. The molecule has 0 aliphatic rings. The van der Waals surface area contributed by atoms with Crippen LogP contribution in [0.3, 0.4) is 0 Å². The molecule has 0 spiro atoms. The first kappa shape index (κ1) is 18.3. The highest BCUT2D eigenvalue weighted by molar-refractivity contribution is 7.89. The fraction of sp³-hybridized carbons (Fsp3) is 0.250. The van der Waals surface area contributed by atoms with Gasteiger partial charge in [0.1, 0.15) is 0 Å². The van der Waals surface area contributed by atoms with Crippen molar-refractivity contribution in [3.05, 3.63) is 52.2 Å². The Hall–Kier alpha value is -2.03. The van der Waals surface area contributed by atoms with E-state index in [4.69, 9.17) is 0 Å². The van der Waals surface area contributed by atoms with Crippen molar-refractivity contribution in [2.24, 2.45) is 0 Å². The van der Waals surface area contributed by atoms with Gasteiger partial charge in [0.15, 0.2) is 5.78 Å². The molecule has 8 heteroatoms. The van der Waals surface area contributed by atoms with Crippen LogP contribution in [0, 0.1) is 0 Å². The number of carbonyl (C=O) groups excluding carboxylic acids is 2. The van der Waals surface area contributed by atoms with Gasteiger partial charge in [-0.3, -0.25) is 9.59 Å². The smallest absolute Gasteiger partial charge is 0.307 e. The van der Waals surface area contributed by atoms with Gasteiger partial charge in [-0.1, -0.05) is 18.2 Å². The van der Waals surface area contributed by atoms with Gasteiger partial charge in [-0.25, -0.2) is 13.1 Å². The highest BCUT2D eigenvalue weighted by Crippen LogP contribution is 2.25. The number of carbonyl (C=O) groups is 2. The molecule has 2 aromatic rings. The summed E-state index contributed by atoms with van der Waals surface area (Å²) in [5, 5.41) is 1.80. The van der Waals surface area contributed by atoms with Gasteiger partial charge in [-0.05, 0) is 30.5 Å². The number of thiophene rings is 1. The van der Waals surface area contributed by atoms with Crippen molar-refractivity contribution in [1.29, 1.82) is 0 Å². The average Bonchev–Trinajstić information content (AvgIpc) is 3.08. The predicted octanol–water partition coefficient (Wildman–Crippen LogP) is 2.53. The van der Waals surface area contributed by atoms with Crippen LogP contribution in [0.4, 0.5) is 0 Å². The number of sulfonamides is 1. The Kier molecular flexibility index (Phi) is 5.87. The zero-order chi connectivity index (χ0) is 17.7. The van der Waals surface area contributed by atoms with Crippen molar-refractivity contribution in [2.75, 3.05) is 7.11 Å². The van der Waals surface area contributed by atoms with Crippen LogP contribution in [0.1, 0.15) is 34.6 Å². The number of hydrogen-bond acceptors (Lipinski definition) is 6. The maximum atomic E-state index is 12.5. The highest BCUT2D eigenvalue weighted by atomic mass is 32.2. The summed E-state index contributed by atoms with van der Waals surface area (Å²) in [5.74, 6) is -0.655. The van der Waals surface area contributed by atoms with Crippen LogP contribution in [-0.2, 0) is 19.6 Å². The van der Waals surface area contributed by atoms with Crippen molar-refractivity contribution in [1.82, 2.24) is 4.72 Å². The Morgan fingerprint density at radius 3 is 2.38 bits per heavy atom. The highest BCUT2D eigenvalue weighted by Gasteiger charge is 2.24. The molecule has 1 aromatic carbocycles. The quantitative estimate of drug-likeness (QED) is 0.600. The van der Waals surface area contributed by atoms with E-state index in [1.807, 2.05) is 0 Å². The molecular formula is C16H17NO5S2. The molecule has 128 valence electrons. The van der Waals surface area contributed by atoms with Gasteiger partial charge >= 0.3 is 5.97 Å². The van der Waals surface area contributed by atoms with Crippen LogP contribution in [0.2, 0.25) is 0 Å².